The third-order valence-corrected chi connectivity index (χ3v) is 3.34. The van der Waals surface area contributed by atoms with E-state index >= 15 is 0 Å². The van der Waals surface area contributed by atoms with Gasteiger partial charge in [-0.05, 0) is 49.7 Å². The summed E-state index contributed by atoms with van der Waals surface area (Å²) in [7, 11) is 0. The topological polar surface area (TPSA) is 71.3 Å². The van der Waals surface area contributed by atoms with Crippen molar-refractivity contribution in [3.05, 3.63) is 52.9 Å². The van der Waals surface area contributed by atoms with Crippen LogP contribution in [-0.2, 0) is 0 Å². The summed E-state index contributed by atoms with van der Waals surface area (Å²) >= 11 is 5.81. The summed E-state index contributed by atoms with van der Waals surface area (Å²) in [6, 6.07) is 8.41. The van der Waals surface area contributed by atoms with Gasteiger partial charge in [-0.15, -0.1) is 0 Å². The fraction of sp³-hybridized carbons (Fsp3) is 0.133. The van der Waals surface area contributed by atoms with Crippen molar-refractivity contribution in [1.29, 1.82) is 0 Å². The quantitative estimate of drug-likeness (QED) is 0.758. The lowest BCUT2D eigenvalue weighted by molar-refractivity contribution is 0.262. The number of amides is 2. The number of rotatable bonds is 2. The molecule has 2 heterocycles. The molecule has 3 rings (SSSR count). The summed E-state index contributed by atoms with van der Waals surface area (Å²) in [6.07, 6.45) is 1.73. The van der Waals surface area contributed by atoms with E-state index in [1.165, 1.54) is 0 Å². The van der Waals surface area contributed by atoms with Crippen molar-refractivity contribution in [2.75, 3.05) is 10.6 Å². The van der Waals surface area contributed by atoms with Gasteiger partial charge in [0.2, 0.25) is 0 Å². The molecule has 1 aromatic carbocycles. The standard InChI is InChI=1S/C15H14ClN5O/c1-9-7-13(8-21-14(9)17-10(2)20-21)19-15(22)18-12-5-3-11(16)4-6-12/h3-8H,1-2H3,(H2,18,19,22). The van der Waals surface area contributed by atoms with Crippen molar-refractivity contribution >= 4 is 34.7 Å². The average Bonchev–Trinajstić information content (AvgIpc) is 2.82. The van der Waals surface area contributed by atoms with Gasteiger partial charge in [0.05, 0.1) is 11.9 Å². The molecule has 22 heavy (non-hydrogen) atoms. The van der Waals surface area contributed by atoms with E-state index in [4.69, 9.17) is 11.6 Å². The highest BCUT2D eigenvalue weighted by molar-refractivity contribution is 6.30. The summed E-state index contributed by atoms with van der Waals surface area (Å²) in [4.78, 5) is 16.3. The maximum absolute atomic E-state index is 12.0. The Bertz CT molecular complexity index is 841. The molecule has 7 heteroatoms. The minimum Gasteiger partial charge on any atom is -0.308 e. The van der Waals surface area contributed by atoms with Crippen molar-refractivity contribution in [2.45, 2.75) is 13.8 Å². The van der Waals surface area contributed by atoms with Gasteiger partial charge >= 0.3 is 6.03 Å². The fourth-order valence-electron chi connectivity index (χ4n) is 2.15. The molecular weight excluding hydrogens is 302 g/mol. The second kappa shape index (κ2) is 5.65. The molecule has 6 nitrogen and oxygen atoms in total. The summed E-state index contributed by atoms with van der Waals surface area (Å²) in [6.45, 7) is 3.75. The molecule has 0 aliphatic carbocycles. The first kappa shape index (κ1) is 14.3. The van der Waals surface area contributed by atoms with Crippen LogP contribution in [0.25, 0.3) is 5.65 Å². The highest BCUT2D eigenvalue weighted by Gasteiger charge is 2.08. The van der Waals surface area contributed by atoms with E-state index in [-0.39, 0.29) is 6.03 Å². The van der Waals surface area contributed by atoms with Crippen LogP contribution in [0.1, 0.15) is 11.4 Å². The Balaban J connectivity index is 1.77. The lowest BCUT2D eigenvalue weighted by atomic mass is 10.3. The summed E-state index contributed by atoms with van der Waals surface area (Å²) in [5, 5.41) is 10.4. The number of fused-ring (bicyclic) bond motifs is 1. The number of anilines is 2. The molecule has 2 aromatic heterocycles. The Morgan fingerprint density at radius 2 is 1.82 bits per heavy atom. The fourth-order valence-corrected chi connectivity index (χ4v) is 2.28. The molecule has 2 amide bonds. The van der Waals surface area contributed by atoms with Crippen LogP contribution in [0.3, 0.4) is 0 Å². The molecule has 2 N–H and O–H groups in total. The summed E-state index contributed by atoms with van der Waals surface area (Å²) in [5.41, 5.74) is 3.02. The molecule has 0 unspecified atom stereocenters. The van der Waals surface area contributed by atoms with Crippen LogP contribution in [0, 0.1) is 13.8 Å². The number of carbonyl (C=O) groups excluding carboxylic acids is 1. The molecule has 0 atom stereocenters. The predicted octanol–water partition coefficient (Wildman–Crippen LogP) is 3.64. The molecule has 0 saturated heterocycles. The maximum atomic E-state index is 12.0. The number of hydrogen-bond donors (Lipinski definition) is 2. The van der Waals surface area contributed by atoms with E-state index in [9.17, 15) is 4.79 Å². The average molecular weight is 316 g/mol. The molecule has 0 radical (unpaired) electrons. The van der Waals surface area contributed by atoms with Crippen molar-refractivity contribution < 1.29 is 4.79 Å². The van der Waals surface area contributed by atoms with E-state index < -0.39 is 0 Å². The summed E-state index contributed by atoms with van der Waals surface area (Å²) in [5.74, 6) is 0.686. The van der Waals surface area contributed by atoms with Gasteiger partial charge < -0.3 is 10.6 Å². The van der Waals surface area contributed by atoms with Crippen molar-refractivity contribution in [1.82, 2.24) is 14.6 Å². The lowest BCUT2D eigenvalue weighted by Gasteiger charge is -2.09. The zero-order valence-electron chi connectivity index (χ0n) is 12.1. The van der Waals surface area contributed by atoms with Gasteiger partial charge in [-0.25, -0.2) is 14.3 Å². The number of halogens is 1. The van der Waals surface area contributed by atoms with Crippen LogP contribution in [0.5, 0.6) is 0 Å². The van der Waals surface area contributed by atoms with E-state index in [1.807, 2.05) is 19.9 Å². The zero-order chi connectivity index (χ0) is 15.7. The van der Waals surface area contributed by atoms with Gasteiger partial charge in [-0.3, -0.25) is 0 Å². The van der Waals surface area contributed by atoms with Gasteiger partial charge in [0.15, 0.2) is 5.65 Å². The van der Waals surface area contributed by atoms with E-state index in [1.54, 1.807) is 35.0 Å². The third-order valence-electron chi connectivity index (χ3n) is 3.08. The first-order valence-electron chi connectivity index (χ1n) is 6.68. The number of benzene rings is 1. The Morgan fingerprint density at radius 3 is 2.55 bits per heavy atom. The SMILES string of the molecule is Cc1nc2c(C)cc(NC(=O)Nc3ccc(Cl)cc3)cn2n1. The van der Waals surface area contributed by atoms with E-state index in [0.717, 1.165) is 11.2 Å². The normalized spacial score (nSPS) is 10.7. The van der Waals surface area contributed by atoms with Crippen LogP contribution in [0.4, 0.5) is 16.2 Å². The molecule has 0 saturated carbocycles. The molecule has 0 spiro atoms. The van der Waals surface area contributed by atoms with Crippen molar-refractivity contribution in [3.8, 4) is 0 Å². The van der Waals surface area contributed by atoms with Gasteiger partial charge in [0.1, 0.15) is 5.82 Å². The van der Waals surface area contributed by atoms with Crippen LogP contribution < -0.4 is 10.6 Å². The van der Waals surface area contributed by atoms with Crippen LogP contribution in [0.2, 0.25) is 5.02 Å². The Hall–Kier alpha value is -2.60. The molecular formula is C15H14ClN5O. The highest BCUT2D eigenvalue weighted by Crippen LogP contribution is 2.16. The minimum atomic E-state index is -0.335. The lowest BCUT2D eigenvalue weighted by Crippen LogP contribution is -2.19. The van der Waals surface area contributed by atoms with Gasteiger partial charge in [-0.2, -0.15) is 5.10 Å². The van der Waals surface area contributed by atoms with Crippen LogP contribution in [0.15, 0.2) is 36.5 Å². The highest BCUT2D eigenvalue weighted by atomic mass is 35.5. The maximum Gasteiger partial charge on any atom is 0.323 e. The minimum absolute atomic E-state index is 0.335. The Labute approximate surface area is 132 Å². The molecule has 0 aliphatic rings. The number of aryl methyl sites for hydroxylation is 2. The molecule has 112 valence electrons. The molecule has 0 aliphatic heterocycles. The molecule has 0 fully saturated rings. The molecule has 3 aromatic rings. The first-order chi connectivity index (χ1) is 10.5. The first-order valence-corrected chi connectivity index (χ1v) is 7.06. The van der Waals surface area contributed by atoms with Gasteiger partial charge in [-0.1, -0.05) is 11.6 Å². The number of urea groups is 1. The monoisotopic (exact) mass is 315 g/mol. The molecule has 0 bridgehead atoms. The van der Waals surface area contributed by atoms with Crippen molar-refractivity contribution in [3.63, 3.8) is 0 Å². The number of hydrogen-bond acceptors (Lipinski definition) is 3. The number of carbonyl (C=O) groups is 1. The summed E-state index contributed by atoms with van der Waals surface area (Å²) < 4.78 is 1.66. The Kier molecular flexibility index (Phi) is 3.68. The van der Waals surface area contributed by atoms with Crippen molar-refractivity contribution in [2.24, 2.45) is 0 Å². The van der Waals surface area contributed by atoms with Gasteiger partial charge in [0, 0.05) is 10.7 Å². The number of nitrogens with one attached hydrogen (secondary N) is 2. The van der Waals surface area contributed by atoms with Gasteiger partial charge in [0.25, 0.3) is 0 Å². The predicted molar refractivity (Wildman–Crippen MR) is 86.6 cm³/mol. The second-order valence-corrected chi connectivity index (χ2v) is 5.36. The van der Waals surface area contributed by atoms with E-state index in [2.05, 4.69) is 20.7 Å². The number of nitrogens with zero attached hydrogens (tertiary/aromatic N) is 3. The Morgan fingerprint density at radius 1 is 1.14 bits per heavy atom. The largest absolute Gasteiger partial charge is 0.323 e. The second-order valence-electron chi connectivity index (χ2n) is 4.93. The van der Waals surface area contributed by atoms with Crippen LogP contribution >= 0.6 is 11.6 Å². The number of pyridine rings is 1. The van der Waals surface area contributed by atoms with Crippen LogP contribution in [-0.4, -0.2) is 20.6 Å². The smallest absolute Gasteiger partial charge is 0.308 e. The number of aromatic nitrogens is 3. The third kappa shape index (κ3) is 3.01. The van der Waals surface area contributed by atoms with E-state index in [0.29, 0.717) is 22.2 Å². The zero-order valence-corrected chi connectivity index (χ0v) is 12.8.